The highest BCUT2D eigenvalue weighted by atomic mass is 79.9. The molecule has 2 aromatic rings. The molecule has 2 rings (SSSR count). The minimum Gasteiger partial charge on any atom is -0.370 e. The van der Waals surface area contributed by atoms with E-state index in [0.717, 1.165) is 22.3 Å². The molecular formula is C13H12BrFN2. The first-order valence-corrected chi connectivity index (χ1v) is 6.00. The molecular weight excluding hydrogens is 283 g/mol. The lowest BCUT2D eigenvalue weighted by Crippen LogP contribution is -2.16. The number of anilines is 1. The molecule has 0 aliphatic heterocycles. The lowest BCUT2D eigenvalue weighted by Gasteiger charge is -2.19. The monoisotopic (exact) mass is 294 g/mol. The smallest absolute Gasteiger partial charge is 0.123 e. The predicted octanol–water partition coefficient (Wildman–Crippen LogP) is 3.62. The average molecular weight is 295 g/mol. The van der Waals surface area contributed by atoms with Crippen LogP contribution in [0.15, 0.2) is 47.2 Å². The zero-order valence-corrected chi connectivity index (χ0v) is 11.0. The fraction of sp³-hybridized carbons (Fsp3) is 0.154. The van der Waals surface area contributed by atoms with E-state index in [1.54, 1.807) is 18.3 Å². The van der Waals surface area contributed by atoms with Crippen LogP contribution in [0, 0.1) is 5.82 Å². The number of nitrogens with zero attached hydrogens (tertiary/aromatic N) is 2. The van der Waals surface area contributed by atoms with Gasteiger partial charge in [-0.05, 0) is 51.8 Å². The largest absolute Gasteiger partial charge is 0.370 e. The maximum absolute atomic E-state index is 12.8. The van der Waals surface area contributed by atoms with Gasteiger partial charge in [0.25, 0.3) is 0 Å². The molecule has 0 spiro atoms. The van der Waals surface area contributed by atoms with E-state index in [-0.39, 0.29) is 5.82 Å². The van der Waals surface area contributed by atoms with Crippen molar-refractivity contribution < 1.29 is 4.39 Å². The summed E-state index contributed by atoms with van der Waals surface area (Å²) in [4.78, 5) is 6.16. The van der Waals surface area contributed by atoms with Gasteiger partial charge < -0.3 is 4.90 Å². The van der Waals surface area contributed by atoms with Crippen molar-refractivity contribution in [2.45, 2.75) is 6.54 Å². The predicted molar refractivity (Wildman–Crippen MR) is 70.4 cm³/mol. The maximum atomic E-state index is 12.8. The quantitative estimate of drug-likeness (QED) is 0.859. The average Bonchev–Trinajstić information content (AvgIpc) is 2.29. The Bertz CT molecular complexity index is 499. The summed E-state index contributed by atoms with van der Waals surface area (Å²) in [6.07, 6.45) is 3.58. The topological polar surface area (TPSA) is 16.1 Å². The Morgan fingerprint density at radius 3 is 2.59 bits per heavy atom. The van der Waals surface area contributed by atoms with E-state index in [2.05, 4.69) is 20.9 Å². The van der Waals surface area contributed by atoms with E-state index < -0.39 is 0 Å². The Kier molecular flexibility index (Phi) is 3.74. The van der Waals surface area contributed by atoms with Crippen molar-refractivity contribution in [2.24, 2.45) is 0 Å². The van der Waals surface area contributed by atoms with Crippen LogP contribution in [-0.2, 0) is 6.54 Å². The highest BCUT2D eigenvalue weighted by Gasteiger charge is 2.03. The summed E-state index contributed by atoms with van der Waals surface area (Å²) in [5.41, 5.74) is 2.08. The van der Waals surface area contributed by atoms with Crippen LogP contribution in [0.3, 0.4) is 0 Å². The first-order valence-electron chi connectivity index (χ1n) is 5.21. The first kappa shape index (κ1) is 12.0. The van der Waals surface area contributed by atoms with Gasteiger partial charge in [0.2, 0.25) is 0 Å². The van der Waals surface area contributed by atoms with Crippen LogP contribution in [0.25, 0.3) is 0 Å². The third-order valence-electron chi connectivity index (χ3n) is 2.45. The molecule has 0 saturated carbocycles. The molecule has 0 aliphatic carbocycles. The fourth-order valence-corrected chi connectivity index (χ4v) is 2.02. The Hall–Kier alpha value is -1.42. The summed E-state index contributed by atoms with van der Waals surface area (Å²) in [6, 6.07) is 8.48. The van der Waals surface area contributed by atoms with E-state index in [4.69, 9.17) is 0 Å². The molecule has 4 heteroatoms. The minimum absolute atomic E-state index is 0.216. The Labute approximate surface area is 108 Å². The zero-order valence-electron chi connectivity index (χ0n) is 9.40. The van der Waals surface area contributed by atoms with Crippen LogP contribution in [0.1, 0.15) is 5.56 Å². The van der Waals surface area contributed by atoms with Crippen molar-refractivity contribution in [3.05, 3.63) is 58.6 Å². The highest BCUT2D eigenvalue weighted by Crippen LogP contribution is 2.17. The van der Waals surface area contributed by atoms with E-state index in [1.807, 2.05) is 24.2 Å². The molecule has 0 fully saturated rings. The standard InChI is InChI=1S/C13H12BrFN2/c1-17(13-4-2-12(15)3-5-13)9-10-6-11(14)8-16-7-10/h2-8H,9H2,1H3. The zero-order chi connectivity index (χ0) is 12.3. The molecule has 0 saturated heterocycles. The van der Waals surface area contributed by atoms with Crippen LogP contribution >= 0.6 is 15.9 Å². The number of aromatic nitrogens is 1. The van der Waals surface area contributed by atoms with Gasteiger partial charge in [0.1, 0.15) is 5.82 Å². The van der Waals surface area contributed by atoms with E-state index >= 15 is 0 Å². The van der Waals surface area contributed by atoms with Crippen LogP contribution in [0.5, 0.6) is 0 Å². The van der Waals surface area contributed by atoms with E-state index in [9.17, 15) is 4.39 Å². The second-order valence-corrected chi connectivity index (χ2v) is 4.76. The molecule has 0 N–H and O–H groups in total. The number of benzene rings is 1. The molecule has 0 radical (unpaired) electrons. The summed E-state index contributed by atoms with van der Waals surface area (Å²) in [6.45, 7) is 0.734. The van der Waals surface area contributed by atoms with Crippen LogP contribution in [0.2, 0.25) is 0 Å². The van der Waals surface area contributed by atoms with Crippen molar-refractivity contribution in [1.82, 2.24) is 4.98 Å². The van der Waals surface area contributed by atoms with E-state index in [1.165, 1.54) is 12.1 Å². The van der Waals surface area contributed by atoms with Gasteiger partial charge in [-0.3, -0.25) is 4.98 Å². The molecule has 1 aromatic heterocycles. The SMILES string of the molecule is CN(Cc1cncc(Br)c1)c1ccc(F)cc1. The van der Waals surface area contributed by atoms with Gasteiger partial charge in [0.05, 0.1) is 0 Å². The lowest BCUT2D eigenvalue weighted by atomic mass is 10.2. The van der Waals surface area contributed by atoms with Gasteiger partial charge in [-0.2, -0.15) is 0 Å². The molecule has 0 aliphatic rings. The Morgan fingerprint density at radius 2 is 1.94 bits per heavy atom. The van der Waals surface area contributed by atoms with E-state index in [0.29, 0.717) is 0 Å². The molecule has 2 nitrogen and oxygen atoms in total. The molecule has 1 aromatic carbocycles. The van der Waals surface area contributed by atoms with Crippen LogP contribution in [0.4, 0.5) is 10.1 Å². The number of hydrogen-bond donors (Lipinski definition) is 0. The lowest BCUT2D eigenvalue weighted by molar-refractivity contribution is 0.627. The van der Waals surface area contributed by atoms with Gasteiger partial charge in [-0.25, -0.2) is 4.39 Å². The number of pyridine rings is 1. The van der Waals surface area contributed by atoms with Crippen molar-refractivity contribution in [2.75, 3.05) is 11.9 Å². The van der Waals surface area contributed by atoms with Gasteiger partial charge in [0, 0.05) is 36.1 Å². The number of halogens is 2. The number of rotatable bonds is 3. The third kappa shape index (κ3) is 3.27. The molecule has 1 heterocycles. The highest BCUT2D eigenvalue weighted by molar-refractivity contribution is 9.10. The van der Waals surface area contributed by atoms with Crippen molar-refractivity contribution >= 4 is 21.6 Å². The van der Waals surface area contributed by atoms with Gasteiger partial charge in [-0.15, -0.1) is 0 Å². The Balaban J connectivity index is 2.11. The van der Waals surface area contributed by atoms with Crippen LogP contribution < -0.4 is 4.90 Å². The van der Waals surface area contributed by atoms with Gasteiger partial charge in [0.15, 0.2) is 0 Å². The van der Waals surface area contributed by atoms with Crippen molar-refractivity contribution in [1.29, 1.82) is 0 Å². The molecule has 17 heavy (non-hydrogen) atoms. The van der Waals surface area contributed by atoms with Crippen molar-refractivity contribution in [3.63, 3.8) is 0 Å². The summed E-state index contributed by atoms with van der Waals surface area (Å²) in [5.74, 6) is -0.216. The van der Waals surface area contributed by atoms with Gasteiger partial charge >= 0.3 is 0 Å². The molecule has 0 atom stereocenters. The van der Waals surface area contributed by atoms with Gasteiger partial charge in [-0.1, -0.05) is 0 Å². The summed E-state index contributed by atoms with van der Waals surface area (Å²) in [7, 11) is 1.97. The molecule has 0 amide bonds. The van der Waals surface area contributed by atoms with Crippen LogP contribution in [-0.4, -0.2) is 12.0 Å². The Morgan fingerprint density at radius 1 is 1.24 bits per heavy atom. The fourth-order valence-electron chi connectivity index (χ4n) is 1.60. The minimum atomic E-state index is -0.216. The second kappa shape index (κ2) is 5.27. The summed E-state index contributed by atoms with van der Waals surface area (Å²) in [5, 5.41) is 0. The number of hydrogen-bond acceptors (Lipinski definition) is 2. The first-order chi connectivity index (χ1) is 8.15. The second-order valence-electron chi connectivity index (χ2n) is 3.84. The third-order valence-corrected chi connectivity index (χ3v) is 2.88. The van der Waals surface area contributed by atoms with Crippen molar-refractivity contribution in [3.8, 4) is 0 Å². The summed E-state index contributed by atoms with van der Waals surface area (Å²) >= 11 is 3.39. The molecule has 88 valence electrons. The molecule has 0 unspecified atom stereocenters. The molecule has 0 bridgehead atoms. The normalized spacial score (nSPS) is 10.3. The summed E-state index contributed by atoms with van der Waals surface area (Å²) < 4.78 is 13.8. The maximum Gasteiger partial charge on any atom is 0.123 e.